The van der Waals surface area contributed by atoms with Crippen LogP contribution in [0.1, 0.15) is 12.6 Å². The number of nitrogen functional groups attached to an aromatic ring is 1. The number of aromatic nitrogens is 4. The van der Waals surface area contributed by atoms with Gasteiger partial charge in [-0.1, -0.05) is 0 Å². The van der Waals surface area contributed by atoms with Crippen molar-refractivity contribution < 1.29 is 25.2 Å². The average Bonchev–Trinajstić information content (AvgIpc) is 2.91. The number of hydrogen-bond donors (Lipinski definition) is 5. The zero-order chi connectivity index (χ0) is 15.9. The Hall–Kier alpha value is -1.85. The summed E-state index contributed by atoms with van der Waals surface area (Å²) < 4.78 is 7.13. The minimum Gasteiger partial charge on any atom is -0.394 e. The molecule has 1 aliphatic rings. The van der Waals surface area contributed by atoms with E-state index in [0.717, 1.165) is 0 Å². The van der Waals surface area contributed by atoms with Crippen LogP contribution in [0.5, 0.6) is 0 Å². The van der Waals surface area contributed by atoms with Gasteiger partial charge in [-0.3, -0.25) is 4.57 Å². The molecule has 0 aliphatic carbocycles. The van der Waals surface area contributed by atoms with E-state index in [-0.39, 0.29) is 12.2 Å². The number of aliphatic hydroxyl groups excluding tert-OH is 4. The number of ether oxygens (including phenoxy) is 1. The summed E-state index contributed by atoms with van der Waals surface area (Å²) in [4.78, 5) is 12.0. The topological polar surface area (TPSA) is 160 Å². The van der Waals surface area contributed by atoms with Gasteiger partial charge in [0, 0.05) is 6.42 Å². The molecule has 0 aromatic carbocycles. The van der Waals surface area contributed by atoms with Crippen LogP contribution in [-0.2, 0) is 4.74 Å². The Morgan fingerprint density at radius 2 is 2.00 bits per heavy atom. The van der Waals surface area contributed by atoms with E-state index in [2.05, 4.69) is 15.0 Å². The van der Waals surface area contributed by atoms with E-state index >= 15 is 0 Å². The van der Waals surface area contributed by atoms with Crippen LogP contribution in [0.3, 0.4) is 0 Å². The van der Waals surface area contributed by atoms with Crippen molar-refractivity contribution in [3.8, 4) is 0 Å². The van der Waals surface area contributed by atoms with E-state index in [1.54, 1.807) is 0 Å². The third kappa shape index (κ3) is 2.40. The molecule has 0 amide bonds. The minimum absolute atomic E-state index is 0.00983. The van der Waals surface area contributed by atoms with Gasteiger partial charge in [0.05, 0.1) is 19.0 Å². The monoisotopic (exact) mass is 311 g/mol. The third-order valence-corrected chi connectivity index (χ3v) is 3.78. The lowest BCUT2D eigenvalue weighted by atomic mass is 10.0. The number of aliphatic hydroxyl groups is 4. The van der Waals surface area contributed by atoms with E-state index in [1.807, 2.05) is 0 Å². The van der Waals surface area contributed by atoms with Gasteiger partial charge >= 0.3 is 0 Å². The Morgan fingerprint density at radius 1 is 1.23 bits per heavy atom. The molecule has 10 heteroatoms. The molecule has 0 saturated carbocycles. The number of nitrogens with two attached hydrogens (primary N) is 1. The van der Waals surface area contributed by atoms with E-state index in [9.17, 15) is 20.4 Å². The molecule has 5 atom stereocenters. The number of anilines is 1. The van der Waals surface area contributed by atoms with Crippen molar-refractivity contribution in [2.75, 3.05) is 12.3 Å². The first-order valence-electron chi connectivity index (χ1n) is 6.76. The van der Waals surface area contributed by atoms with E-state index in [1.165, 1.54) is 17.2 Å². The molecule has 1 fully saturated rings. The highest BCUT2D eigenvalue weighted by atomic mass is 16.5. The van der Waals surface area contributed by atoms with Crippen LogP contribution < -0.4 is 5.73 Å². The number of imidazole rings is 1. The highest BCUT2D eigenvalue weighted by Crippen LogP contribution is 2.29. The first-order valence-corrected chi connectivity index (χ1v) is 6.76. The number of fused-ring (bicyclic) bond motifs is 1. The normalized spacial score (nSPS) is 33.0. The predicted octanol–water partition coefficient (Wildman–Crippen LogP) is -2.23. The lowest BCUT2D eigenvalue weighted by molar-refractivity contribution is -0.130. The number of hydrogen-bond acceptors (Lipinski definition) is 9. The van der Waals surface area contributed by atoms with Crippen LogP contribution in [0, 0.1) is 0 Å². The van der Waals surface area contributed by atoms with Crippen molar-refractivity contribution in [3.63, 3.8) is 0 Å². The zero-order valence-corrected chi connectivity index (χ0v) is 11.5. The molecular weight excluding hydrogens is 294 g/mol. The second kappa shape index (κ2) is 5.74. The molecule has 2 aromatic rings. The maximum Gasteiger partial charge on any atom is 0.167 e. The van der Waals surface area contributed by atoms with Gasteiger partial charge in [0.1, 0.15) is 36.4 Å². The summed E-state index contributed by atoms with van der Waals surface area (Å²) >= 11 is 0. The molecule has 22 heavy (non-hydrogen) atoms. The molecule has 1 saturated heterocycles. The van der Waals surface area contributed by atoms with Gasteiger partial charge in [0.15, 0.2) is 11.5 Å². The first kappa shape index (κ1) is 15.1. The number of nitrogens with zero attached hydrogens (tertiary/aromatic N) is 4. The van der Waals surface area contributed by atoms with Crippen LogP contribution in [0.15, 0.2) is 12.7 Å². The molecule has 1 aliphatic heterocycles. The standard InChI is InChI=1S/C12H17N5O5/c13-11-8-12(15-3-14-11)17(4-16-8)7-1-5(19)9(20)10(21)6(2-18)22-7/h3-7,9-10,18-21H,1-2H2,(H2,13,14,15)/t5-,6+,7?,9-,10+/m0/s1. The van der Waals surface area contributed by atoms with Crippen LogP contribution in [0.2, 0.25) is 0 Å². The second-order valence-electron chi connectivity index (χ2n) is 5.18. The highest BCUT2D eigenvalue weighted by molar-refractivity contribution is 5.81. The SMILES string of the molecule is Nc1ncnc2c1ncn2C1C[C@H](O)[C@H](O)[C@H](O)[C@@H](CO)O1. The van der Waals surface area contributed by atoms with Crippen molar-refractivity contribution in [2.24, 2.45) is 0 Å². The molecule has 6 N–H and O–H groups in total. The molecule has 0 bridgehead atoms. The summed E-state index contributed by atoms with van der Waals surface area (Å²) in [6, 6.07) is 0. The molecule has 0 radical (unpaired) electrons. The highest BCUT2D eigenvalue weighted by Gasteiger charge is 2.39. The molecule has 120 valence electrons. The Bertz CT molecular complexity index is 664. The van der Waals surface area contributed by atoms with Crippen molar-refractivity contribution in [2.45, 2.75) is 37.1 Å². The lowest BCUT2D eigenvalue weighted by Gasteiger charge is -2.24. The summed E-state index contributed by atoms with van der Waals surface area (Å²) in [7, 11) is 0. The molecule has 3 heterocycles. The predicted molar refractivity (Wildman–Crippen MR) is 73.4 cm³/mol. The lowest BCUT2D eigenvalue weighted by Crippen LogP contribution is -2.44. The van der Waals surface area contributed by atoms with Crippen LogP contribution in [0.25, 0.3) is 11.2 Å². The molecule has 1 unspecified atom stereocenters. The van der Waals surface area contributed by atoms with Gasteiger partial charge < -0.3 is 30.9 Å². The van der Waals surface area contributed by atoms with E-state index < -0.39 is 37.3 Å². The van der Waals surface area contributed by atoms with Crippen molar-refractivity contribution in [1.29, 1.82) is 0 Å². The molecule has 2 aromatic heterocycles. The maximum absolute atomic E-state index is 9.97. The smallest absolute Gasteiger partial charge is 0.167 e. The Morgan fingerprint density at radius 3 is 2.73 bits per heavy atom. The minimum atomic E-state index is -1.42. The van der Waals surface area contributed by atoms with Crippen molar-refractivity contribution in [1.82, 2.24) is 19.5 Å². The average molecular weight is 311 g/mol. The fourth-order valence-corrected chi connectivity index (χ4v) is 2.54. The van der Waals surface area contributed by atoms with Gasteiger partial charge in [-0.25, -0.2) is 15.0 Å². The summed E-state index contributed by atoms with van der Waals surface area (Å²) in [5, 5.41) is 39.0. The molecule has 0 spiro atoms. The molecule has 10 nitrogen and oxygen atoms in total. The summed E-state index contributed by atoms with van der Waals surface area (Å²) in [6.45, 7) is -0.509. The van der Waals surface area contributed by atoms with E-state index in [4.69, 9.17) is 10.5 Å². The van der Waals surface area contributed by atoms with Gasteiger partial charge in [-0.15, -0.1) is 0 Å². The third-order valence-electron chi connectivity index (χ3n) is 3.78. The second-order valence-corrected chi connectivity index (χ2v) is 5.18. The largest absolute Gasteiger partial charge is 0.394 e. The Labute approximate surface area is 124 Å². The van der Waals surface area contributed by atoms with Gasteiger partial charge in [-0.05, 0) is 0 Å². The molecule has 3 rings (SSSR count). The maximum atomic E-state index is 9.97. The molecular formula is C12H17N5O5. The Balaban J connectivity index is 2.00. The number of rotatable bonds is 2. The van der Waals surface area contributed by atoms with Crippen LogP contribution >= 0.6 is 0 Å². The van der Waals surface area contributed by atoms with Crippen molar-refractivity contribution in [3.05, 3.63) is 12.7 Å². The van der Waals surface area contributed by atoms with Gasteiger partial charge in [-0.2, -0.15) is 0 Å². The summed E-state index contributed by atoms with van der Waals surface area (Å²) in [6.07, 6.45) is -3.19. The first-order chi connectivity index (χ1) is 10.5. The van der Waals surface area contributed by atoms with Gasteiger partial charge in [0.25, 0.3) is 0 Å². The van der Waals surface area contributed by atoms with Crippen LogP contribution in [0.4, 0.5) is 5.82 Å². The quantitative estimate of drug-likeness (QED) is 0.413. The Kier molecular flexibility index (Phi) is 3.93. The van der Waals surface area contributed by atoms with E-state index in [0.29, 0.717) is 11.2 Å². The van der Waals surface area contributed by atoms with Crippen LogP contribution in [-0.4, -0.2) is 71.0 Å². The zero-order valence-electron chi connectivity index (χ0n) is 11.5. The van der Waals surface area contributed by atoms with Crippen molar-refractivity contribution >= 4 is 17.0 Å². The summed E-state index contributed by atoms with van der Waals surface area (Å²) in [5.74, 6) is 0.205. The summed E-state index contributed by atoms with van der Waals surface area (Å²) in [5.41, 5.74) is 6.49. The van der Waals surface area contributed by atoms with Gasteiger partial charge in [0.2, 0.25) is 0 Å². The fraction of sp³-hybridized carbons (Fsp3) is 0.583. The fourth-order valence-electron chi connectivity index (χ4n) is 2.54.